The van der Waals surface area contributed by atoms with Crippen LogP contribution in [0.3, 0.4) is 0 Å². The molecule has 0 radical (unpaired) electrons. The number of aliphatic hydroxyl groups is 1. The van der Waals surface area contributed by atoms with Gasteiger partial charge in [-0.25, -0.2) is 0 Å². The summed E-state index contributed by atoms with van der Waals surface area (Å²) in [7, 11) is 0. The van der Waals surface area contributed by atoms with Crippen LogP contribution in [0.2, 0.25) is 10.0 Å². The summed E-state index contributed by atoms with van der Waals surface area (Å²) >= 11 is 12.1. The highest BCUT2D eigenvalue weighted by Crippen LogP contribution is 2.41. The minimum Gasteiger partial charge on any atom is -0.388 e. The van der Waals surface area contributed by atoms with Crippen molar-refractivity contribution in [1.29, 1.82) is 0 Å². The van der Waals surface area contributed by atoms with Gasteiger partial charge in [0.1, 0.15) is 0 Å². The predicted molar refractivity (Wildman–Crippen MR) is 67.9 cm³/mol. The molecule has 1 aromatic carbocycles. The average Bonchev–Trinajstić information content (AvgIpc) is 2.68. The molecule has 3 unspecified atom stereocenters. The van der Waals surface area contributed by atoms with Crippen molar-refractivity contribution in [2.24, 2.45) is 11.8 Å². The molecule has 1 aromatic rings. The Labute approximate surface area is 106 Å². The number of hydrogen-bond donors (Lipinski definition) is 1. The quantitative estimate of drug-likeness (QED) is 0.831. The van der Waals surface area contributed by atoms with E-state index >= 15 is 0 Å². The summed E-state index contributed by atoms with van der Waals surface area (Å²) in [6.45, 7) is 2.23. The van der Waals surface area contributed by atoms with Crippen LogP contribution in [0.5, 0.6) is 0 Å². The van der Waals surface area contributed by atoms with E-state index in [4.69, 9.17) is 23.2 Å². The van der Waals surface area contributed by atoms with Crippen LogP contribution in [0.25, 0.3) is 0 Å². The number of halogens is 2. The molecule has 2 rings (SSSR count). The third-order valence-electron chi connectivity index (χ3n) is 3.48. The van der Waals surface area contributed by atoms with Crippen LogP contribution in [0, 0.1) is 11.8 Å². The van der Waals surface area contributed by atoms with Crippen LogP contribution >= 0.6 is 23.2 Å². The number of aliphatic hydroxyl groups excluding tert-OH is 1. The second-order valence-corrected chi connectivity index (χ2v) is 5.55. The molecule has 1 nitrogen and oxygen atoms in total. The molecule has 0 amide bonds. The second-order valence-electron chi connectivity index (χ2n) is 4.77. The van der Waals surface area contributed by atoms with Gasteiger partial charge in [-0.2, -0.15) is 0 Å². The number of rotatable bonds is 2. The highest BCUT2D eigenvalue weighted by molar-refractivity contribution is 6.42. The van der Waals surface area contributed by atoms with Crippen molar-refractivity contribution in [1.82, 2.24) is 0 Å². The van der Waals surface area contributed by atoms with Crippen LogP contribution in [0.1, 0.15) is 37.9 Å². The van der Waals surface area contributed by atoms with E-state index in [2.05, 4.69) is 6.92 Å². The zero-order valence-corrected chi connectivity index (χ0v) is 10.8. The molecule has 0 saturated heterocycles. The van der Waals surface area contributed by atoms with E-state index in [0.29, 0.717) is 21.9 Å². The lowest BCUT2D eigenvalue weighted by Gasteiger charge is -2.19. The van der Waals surface area contributed by atoms with Gasteiger partial charge in [0.05, 0.1) is 16.1 Å². The fourth-order valence-corrected chi connectivity index (χ4v) is 2.96. The molecule has 1 fully saturated rings. The summed E-state index contributed by atoms with van der Waals surface area (Å²) in [6.07, 6.45) is 2.87. The normalized spacial score (nSPS) is 27.0. The standard InChI is InChI=1S/C13H16Cl2O/c1-8-5-6-9(7-8)13(16)10-3-2-4-11(14)12(10)15/h2-4,8-9,13,16H,5-7H2,1H3. The minimum atomic E-state index is -0.476. The summed E-state index contributed by atoms with van der Waals surface area (Å²) in [5.41, 5.74) is 0.772. The first-order valence-corrected chi connectivity index (χ1v) is 6.47. The van der Waals surface area contributed by atoms with Gasteiger partial charge in [0.2, 0.25) is 0 Å². The van der Waals surface area contributed by atoms with Crippen LogP contribution < -0.4 is 0 Å². The largest absolute Gasteiger partial charge is 0.388 e. The Morgan fingerprint density at radius 3 is 2.69 bits per heavy atom. The van der Waals surface area contributed by atoms with E-state index in [-0.39, 0.29) is 0 Å². The fourth-order valence-electron chi connectivity index (χ4n) is 2.54. The van der Waals surface area contributed by atoms with Gasteiger partial charge < -0.3 is 5.11 Å². The third kappa shape index (κ3) is 2.37. The van der Waals surface area contributed by atoms with Crippen molar-refractivity contribution in [3.63, 3.8) is 0 Å². The summed E-state index contributed by atoms with van der Waals surface area (Å²) in [6, 6.07) is 5.45. The molecule has 1 aliphatic carbocycles. The molecule has 1 N–H and O–H groups in total. The molecule has 0 spiro atoms. The molecule has 1 saturated carbocycles. The van der Waals surface area contributed by atoms with Crippen LogP contribution in [-0.4, -0.2) is 5.11 Å². The molecule has 3 heteroatoms. The van der Waals surface area contributed by atoms with E-state index in [1.165, 1.54) is 6.42 Å². The Balaban J connectivity index is 2.20. The number of benzene rings is 1. The SMILES string of the molecule is CC1CCC(C(O)c2cccc(Cl)c2Cl)C1. The van der Waals surface area contributed by atoms with E-state index in [1.807, 2.05) is 12.1 Å². The van der Waals surface area contributed by atoms with Crippen LogP contribution in [-0.2, 0) is 0 Å². The van der Waals surface area contributed by atoms with Crippen molar-refractivity contribution in [2.45, 2.75) is 32.3 Å². The van der Waals surface area contributed by atoms with Crippen LogP contribution in [0.15, 0.2) is 18.2 Å². The number of hydrogen-bond acceptors (Lipinski definition) is 1. The first kappa shape index (κ1) is 12.2. The van der Waals surface area contributed by atoms with E-state index in [9.17, 15) is 5.11 Å². The second kappa shape index (κ2) is 4.95. The maximum atomic E-state index is 10.3. The zero-order valence-electron chi connectivity index (χ0n) is 9.29. The highest BCUT2D eigenvalue weighted by atomic mass is 35.5. The molecule has 0 bridgehead atoms. The van der Waals surface area contributed by atoms with Crippen molar-refractivity contribution >= 4 is 23.2 Å². The Bertz CT molecular complexity index is 378. The lowest BCUT2D eigenvalue weighted by atomic mass is 9.93. The topological polar surface area (TPSA) is 20.2 Å². The highest BCUT2D eigenvalue weighted by Gasteiger charge is 2.29. The Hall–Kier alpha value is -0.240. The van der Waals surface area contributed by atoms with E-state index in [1.54, 1.807) is 6.07 Å². The first-order chi connectivity index (χ1) is 7.59. The Morgan fingerprint density at radius 1 is 1.31 bits per heavy atom. The van der Waals surface area contributed by atoms with Crippen molar-refractivity contribution < 1.29 is 5.11 Å². The van der Waals surface area contributed by atoms with Gasteiger partial charge in [0.15, 0.2) is 0 Å². The molecule has 0 heterocycles. The maximum absolute atomic E-state index is 10.3. The molecule has 0 aromatic heterocycles. The molecule has 0 aliphatic heterocycles. The van der Waals surface area contributed by atoms with Crippen molar-refractivity contribution in [3.8, 4) is 0 Å². The molecular formula is C13H16Cl2O. The molecule has 88 valence electrons. The van der Waals surface area contributed by atoms with E-state index < -0.39 is 6.10 Å². The van der Waals surface area contributed by atoms with Gasteiger partial charge >= 0.3 is 0 Å². The zero-order chi connectivity index (χ0) is 11.7. The van der Waals surface area contributed by atoms with Gasteiger partial charge in [-0.3, -0.25) is 0 Å². The monoisotopic (exact) mass is 258 g/mol. The summed E-state index contributed by atoms with van der Waals surface area (Å²) in [4.78, 5) is 0. The summed E-state index contributed by atoms with van der Waals surface area (Å²) in [5.74, 6) is 1.03. The first-order valence-electron chi connectivity index (χ1n) is 5.71. The van der Waals surface area contributed by atoms with Gasteiger partial charge in [-0.05, 0) is 30.7 Å². The van der Waals surface area contributed by atoms with Gasteiger partial charge in [0, 0.05) is 5.56 Å². The molecule has 16 heavy (non-hydrogen) atoms. The minimum absolute atomic E-state index is 0.325. The molecule has 1 aliphatic rings. The van der Waals surface area contributed by atoms with Gasteiger partial charge in [-0.1, -0.05) is 48.7 Å². The maximum Gasteiger partial charge on any atom is 0.0833 e. The van der Waals surface area contributed by atoms with Gasteiger partial charge in [0.25, 0.3) is 0 Å². The van der Waals surface area contributed by atoms with Crippen molar-refractivity contribution in [3.05, 3.63) is 33.8 Å². The summed E-state index contributed by atoms with van der Waals surface area (Å²) < 4.78 is 0. The molecule has 3 atom stereocenters. The lowest BCUT2D eigenvalue weighted by Crippen LogP contribution is -2.10. The van der Waals surface area contributed by atoms with E-state index in [0.717, 1.165) is 18.4 Å². The Morgan fingerprint density at radius 2 is 2.06 bits per heavy atom. The average molecular weight is 259 g/mol. The van der Waals surface area contributed by atoms with Gasteiger partial charge in [-0.15, -0.1) is 0 Å². The molecular weight excluding hydrogens is 243 g/mol. The predicted octanol–water partition coefficient (Wildman–Crippen LogP) is 4.46. The fraction of sp³-hybridized carbons (Fsp3) is 0.538. The third-order valence-corrected chi connectivity index (χ3v) is 4.32. The lowest BCUT2D eigenvalue weighted by molar-refractivity contribution is 0.110. The summed E-state index contributed by atoms with van der Waals surface area (Å²) in [5, 5.41) is 11.3. The van der Waals surface area contributed by atoms with Crippen LogP contribution in [0.4, 0.5) is 0 Å². The van der Waals surface area contributed by atoms with Crippen molar-refractivity contribution in [2.75, 3.05) is 0 Å². The Kier molecular flexibility index (Phi) is 3.78. The smallest absolute Gasteiger partial charge is 0.0833 e.